The molecule has 0 aromatic carbocycles. The van der Waals surface area contributed by atoms with Gasteiger partial charge in [-0.1, -0.05) is 29.8 Å². The molecule has 4 rings (SSSR count). The summed E-state index contributed by atoms with van der Waals surface area (Å²) in [5.74, 6) is 0.441. The van der Waals surface area contributed by atoms with Crippen molar-refractivity contribution < 1.29 is 24.9 Å². The topological polar surface area (TPSA) is 94.8 Å². The van der Waals surface area contributed by atoms with Crippen molar-refractivity contribution >= 4 is 27.7 Å². The van der Waals surface area contributed by atoms with Crippen LogP contribution in [0.25, 0.3) is 0 Å². The lowest BCUT2D eigenvalue weighted by Crippen LogP contribution is -2.67. The first kappa shape index (κ1) is 19.8. The van der Waals surface area contributed by atoms with Crippen molar-refractivity contribution in [2.75, 3.05) is 0 Å². The van der Waals surface area contributed by atoms with E-state index >= 15 is 0 Å². The highest BCUT2D eigenvalue weighted by Crippen LogP contribution is 2.69. The van der Waals surface area contributed by atoms with Crippen molar-refractivity contribution in [3.05, 3.63) is 0 Å². The average molecular weight is 443 g/mol. The van der Waals surface area contributed by atoms with Crippen molar-refractivity contribution in [2.24, 2.45) is 28.6 Å². The third-order valence-corrected chi connectivity index (χ3v) is 10.8. The predicted octanol–water partition coefficient (Wildman–Crippen LogP) is 3.29. The van der Waals surface area contributed by atoms with Crippen LogP contribution in [0.2, 0.25) is 0 Å². The van der Waals surface area contributed by atoms with E-state index in [9.17, 15) is 24.9 Å². The van der Waals surface area contributed by atoms with E-state index in [-0.39, 0.29) is 23.7 Å². The van der Waals surface area contributed by atoms with Gasteiger partial charge in [0.2, 0.25) is 0 Å². The number of alkyl halides is 1. The summed E-state index contributed by atoms with van der Waals surface area (Å²) in [6, 6.07) is 0. The predicted molar refractivity (Wildman–Crippen MR) is 103 cm³/mol. The number of aliphatic hydroxyl groups is 2. The number of halogens is 1. The maximum absolute atomic E-state index is 12.5. The molecule has 3 unspecified atom stereocenters. The SMILES string of the molecule is C[C@]12CC[C@@H]3[C@@H](CC(O)C4(Br)CC(O)(CC(=O)O)CC[C@]34C)[C@@H]1CCC2=O. The van der Waals surface area contributed by atoms with Gasteiger partial charge >= 0.3 is 5.97 Å². The highest BCUT2D eigenvalue weighted by molar-refractivity contribution is 9.10. The van der Waals surface area contributed by atoms with Crippen molar-refractivity contribution in [2.45, 2.75) is 87.7 Å². The molecule has 0 aliphatic heterocycles. The minimum atomic E-state index is -1.28. The maximum Gasteiger partial charge on any atom is 0.306 e. The molecule has 6 heteroatoms. The van der Waals surface area contributed by atoms with Crippen LogP contribution in [0.1, 0.15) is 71.6 Å². The van der Waals surface area contributed by atoms with Gasteiger partial charge in [-0.05, 0) is 68.1 Å². The van der Waals surface area contributed by atoms with Crippen LogP contribution < -0.4 is 0 Å². The quantitative estimate of drug-likeness (QED) is 0.570. The summed E-state index contributed by atoms with van der Waals surface area (Å²) in [5, 5.41) is 31.4. The second-order valence-electron chi connectivity index (χ2n) is 10.3. The Bertz CT molecular complexity index is 681. The second-order valence-corrected chi connectivity index (χ2v) is 11.7. The fourth-order valence-corrected chi connectivity index (χ4v) is 8.72. The number of Topliss-reactive ketones (excluding diaryl/α,β-unsaturated/α-hetero) is 1. The Balaban J connectivity index is 1.68. The number of carbonyl (C=O) groups is 2. The maximum atomic E-state index is 12.5. The number of carbonyl (C=O) groups excluding carboxylic acids is 1. The first-order valence-electron chi connectivity index (χ1n) is 10.3. The third kappa shape index (κ3) is 2.62. The molecule has 3 N–H and O–H groups in total. The van der Waals surface area contributed by atoms with Gasteiger partial charge in [0.25, 0.3) is 0 Å². The lowest BCUT2D eigenvalue weighted by molar-refractivity contribution is -0.176. The number of rotatable bonds is 2. The van der Waals surface area contributed by atoms with Gasteiger partial charge in [-0.3, -0.25) is 9.59 Å². The smallest absolute Gasteiger partial charge is 0.306 e. The minimum absolute atomic E-state index is 0.215. The van der Waals surface area contributed by atoms with Crippen LogP contribution in [0.4, 0.5) is 0 Å². The molecule has 0 saturated heterocycles. The summed E-state index contributed by atoms with van der Waals surface area (Å²) in [7, 11) is 0. The zero-order valence-corrected chi connectivity index (χ0v) is 17.8. The summed E-state index contributed by atoms with van der Waals surface area (Å²) < 4.78 is -0.681. The Morgan fingerprint density at radius 1 is 1.19 bits per heavy atom. The molecule has 0 amide bonds. The molecule has 5 nitrogen and oxygen atoms in total. The molecule has 4 saturated carbocycles. The highest BCUT2D eigenvalue weighted by atomic mass is 79.9. The van der Waals surface area contributed by atoms with Crippen LogP contribution in [0, 0.1) is 28.6 Å². The number of aliphatic carboxylic acids is 1. The number of hydrogen-bond acceptors (Lipinski definition) is 4. The zero-order valence-electron chi connectivity index (χ0n) is 16.2. The van der Waals surface area contributed by atoms with Gasteiger partial charge < -0.3 is 15.3 Å². The molecule has 4 fully saturated rings. The highest BCUT2D eigenvalue weighted by Gasteiger charge is 2.68. The summed E-state index contributed by atoms with van der Waals surface area (Å²) >= 11 is 3.85. The Kier molecular flexibility index (Phi) is 4.42. The van der Waals surface area contributed by atoms with Crippen LogP contribution >= 0.6 is 15.9 Å². The van der Waals surface area contributed by atoms with Gasteiger partial charge in [0.1, 0.15) is 5.78 Å². The van der Waals surface area contributed by atoms with Crippen LogP contribution in [-0.4, -0.2) is 43.1 Å². The van der Waals surface area contributed by atoms with Crippen molar-refractivity contribution in [1.82, 2.24) is 0 Å². The fourth-order valence-electron chi connectivity index (χ4n) is 7.52. The van der Waals surface area contributed by atoms with E-state index in [0.29, 0.717) is 49.2 Å². The van der Waals surface area contributed by atoms with E-state index in [2.05, 4.69) is 29.8 Å². The van der Waals surface area contributed by atoms with Crippen molar-refractivity contribution in [3.8, 4) is 0 Å². The molecule has 8 atom stereocenters. The van der Waals surface area contributed by atoms with Crippen LogP contribution in [0.15, 0.2) is 0 Å². The molecule has 0 spiro atoms. The molecule has 4 aliphatic rings. The molecule has 0 aromatic heterocycles. The van der Waals surface area contributed by atoms with Gasteiger partial charge in [0, 0.05) is 11.8 Å². The lowest BCUT2D eigenvalue weighted by atomic mass is 9.43. The summed E-state index contributed by atoms with van der Waals surface area (Å²) in [4.78, 5) is 23.8. The normalized spacial score (nSPS) is 54.8. The summed E-state index contributed by atoms with van der Waals surface area (Å²) in [6.45, 7) is 4.34. The fraction of sp³-hybridized carbons (Fsp3) is 0.905. The minimum Gasteiger partial charge on any atom is -0.481 e. The van der Waals surface area contributed by atoms with Crippen LogP contribution in [0.5, 0.6) is 0 Å². The number of ketones is 1. The molecule has 0 heterocycles. The van der Waals surface area contributed by atoms with Crippen LogP contribution in [0.3, 0.4) is 0 Å². The molecule has 152 valence electrons. The monoisotopic (exact) mass is 442 g/mol. The average Bonchev–Trinajstić information content (AvgIpc) is 2.86. The molecular formula is C21H31BrO5. The third-order valence-electron chi connectivity index (χ3n) is 9.11. The summed E-state index contributed by atoms with van der Waals surface area (Å²) in [5.41, 5.74) is -1.73. The van der Waals surface area contributed by atoms with E-state index < -0.39 is 22.0 Å². The molecule has 0 bridgehead atoms. The first-order chi connectivity index (χ1) is 12.5. The Labute approximate surface area is 169 Å². The van der Waals surface area contributed by atoms with Gasteiger partial charge in [-0.2, -0.15) is 0 Å². The molecule has 0 aromatic rings. The first-order valence-corrected chi connectivity index (χ1v) is 11.1. The number of carboxylic acid groups (broad SMARTS) is 1. The molecular weight excluding hydrogens is 412 g/mol. The Morgan fingerprint density at radius 2 is 1.89 bits per heavy atom. The lowest BCUT2D eigenvalue weighted by Gasteiger charge is -2.66. The van der Waals surface area contributed by atoms with E-state index in [1.807, 2.05) is 0 Å². The standard InChI is InChI=1S/C21H31BrO5/c1-18-6-5-14-12(13(18)3-4-15(18)23)9-16(24)21(22)11-20(27,10-17(25)26)8-7-19(14,21)2/h12-14,16,24,27H,3-11H2,1-2H3,(H,25,26)/t12-,13-,14+,16?,18-,19+,20?,21?/m0/s1. The van der Waals surface area contributed by atoms with Crippen LogP contribution in [-0.2, 0) is 9.59 Å². The van der Waals surface area contributed by atoms with Gasteiger partial charge in [-0.15, -0.1) is 0 Å². The molecule has 4 aliphatic carbocycles. The van der Waals surface area contributed by atoms with Crippen molar-refractivity contribution in [1.29, 1.82) is 0 Å². The zero-order chi connectivity index (χ0) is 19.8. The van der Waals surface area contributed by atoms with Gasteiger partial charge in [0.15, 0.2) is 0 Å². The largest absolute Gasteiger partial charge is 0.481 e. The number of aliphatic hydroxyl groups excluding tert-OH is 1. The number of carboxylic acids is 1. The van der Waals surface area contributed by atoms with E-state index in [1.54, 1.807) is 0 Å². The Morgan fingerprint density at radius 3 is 2.56 bits per heavy atom. The molecule has 27 heavy (non-hydrogen) atoms. The van der Waals surface area contributed by atoms with E-state index in [1.165, 1.54) is 0 Å². The number of fused-ring (bicyclic) bond motifs is 5. The van der Waals surface area contributed by atoms with Crippen molar-refractivity contribution in [3.63, 3.8) is 0 Å². The van der Waals surface area contributed by atoms with E-state index in [4.69, 9.17) is 0 Å². The van der Waals surface area contributed by atoms with E-state index in [0.717, 1.165) is 19.3 Å². The second kappa shape index (κ2) is 6.02. The Hall–Kier alpha value is -0.460. The summed E-state index contributed by atoms with van der Waals surface area (Å²) in [6.07, 6.45) is 4.55. The van der Waals surface area contributed by atoms with Gasteiger partial charge in [0.05, 0.1) is 22.5 Å². The molecule has 0 radical (unpaired) electrons. The van der Waals surface area contributed by atoms with Gasteiger partial charge in [-0.25, -0.2) is 0 Å². The number of hydrogen-bond donors (Lipinski definition) is 3.